The van der Waals surface area contributed by atoms with Crippen molar-refractivity contribution in [1.29, 1.82) is 0 Å². The van der Waals surface area contributed by atoms with Gasteiger partial charge in [-0.3, -0.25) is 4.79 Å². The third-order valence-electron chi connectivity index (χ3n) is 4.75. The van der Waals surface area contributed by atoms with Crippen molar-refractivity contribution in [3.8, 4) is 11.3 Å². The topological polar surface area (TPSA) is 68.3 Å². The third kappa shape index (κ3) is 4.98. The molecule has 0 saturated heterocycles. The highest BCUT2D eigenvalue weighted by Crippen LogP contribution is 2.26. The van der Waals surface area contributed by atoms with E-state index in [0.717, 1.165) is 15.6 Å². The lowest BCUT2D eigenvalue weighted by atomic mass is 10.0. The van der Waals surface area contributed by atoms with Crippen molar-refractivity contribution in [2.75, 3.05) is 11.9 Å². The number of halogens is 1. The van der Waals surface area contributed by atoms with E-state index in [0.29, 0.717) is 27.8 Å². The molecule has 4 rings (SSSR count). The van der Waals surface area contributed by atoms with Gasteiger partial charge in [-0.2, -0.15) is 0 Å². The number of nitrogens with one attached hydrogen (secondary N) is 1. The largest absolute Gasteiger partial charge is 0.452 e. The number of nitrogens with zero attached hydrogens (tertiary/aromatic N) is 1. The maximum atomic E-state index is 12.9. The number of aryl methyl sites for hydroxylation is 1. The molecule has 31 heavy (non-hydrogen) atoms. The minimum absolute atomic E-state index is 0.367. The van der Waals surface area contributed by atoms with E-state index in [1.807, 2.05) is 67.6 Å². The molecule has 0 fully saturated rings. The van der Waals surface area contributed by atoms with Crippen LogP contribution < -0.4 is 5.32 Å². The minimum Gasteiger partial charge on any atom is -0.452 e. The molecule has 0 atom stereocenters. The van der Waals surface area contributed by atoms with E-state index < -0.39 is 11.9 Å². The molecule has 1 heterocycles. The highest BCUT2D eigenvalue weighted by molar-refractivity contribution is 9.10. The molecule has 1 aromatic heterocycles. The van der Waals surface area contributed by atoms with Crippen LogP contribution >= 0.6 is 15.9 Å². The molecule has 154 valence electrons. The Labute approximate surface area is 188 Å². The van der Waals surface area contributed by atoms with Crippen molar-refractivity contribution in [2.45, 2.75) is 6.92 Å². The first-order chi connectivity index (χ1) is 15.0. The van der Waals surface area contributed by atoms with E-state index in [2.05, 4.69) is 26.2 Å². The van der Waals surface area contributed by atoms with Gasteiger partial charge >= 0.3 is 5.97 Å². The summed E-state index contributed by atoms with van der Waals surface area (Å²) in [7, 11) is 0. The van der Waals surface area contributed by atoms with Crippen LogP contribution in [-0.4, -0.2) is 23.5 Å². The molecule has 0 radical (unpaired) electrons. The highest BCUT2D eigenvalue weighted by Gasteiger charge is 2.16. The number of aromatic nitrogens is 1. The number of carbonyl (C=O) groups excluding carboxylic acids is 2. The molecule has 1 N–H and O–H groups in total. The number of hydrogen-bond acceptors (Lipinski definition) is 4. The molecular weight excluding hydrogens is 456 g/mol. The Hall–Kier alpha value is -3.51. The van der Waals surface area contributed by atoms with Gasteiger partial charge in [0.15, 0.2) is 6.61 Å². The van der Waals surface area contributed by atoms with Crippen molar-refractivity contribution in [3.05, 3.63) is 94.5 Å². The number of esters is 1. The lowest BCUT2D eigenvalue weighted by molar-refractivity contribution is -0.119. The number of ether oxygens (including phenoxy) is 1. The average molecular weight is 475 g/mol. The van der Waals surface area contributed by atoms with Gasteiger partial charge in [0, 0.05) is 21.1 Å². The van der Waals surface area contributed by atoms with Crippen LogP contribution in [0.15, 0.2) is 83.3 Å². The van der Waals surface area contributed by atoms with Crippen LogP contribution in [0.4, 0.5) is 5.69 Å². The number of hydrogen-bond donors (Lipinski definition) is 1. The standard InChI is InChI=1S/C25H19BrN2O3/c1-16-6-12-19(13-7-16)27-24(29)15-31-25(30)21-14-23(17-8-10-18(26)11-9-17)28-22-5-3-2-4-20(21)22/h2-14H,15H2,1H3,(H,27,29). The molecule has 0 unspecified atom stereocenters. The summed E-state index contributed by atoms with van der Waals surface area (Å²) in [6.07, 6.45) is 0. The second kappa shape index (κ2) is 9.10. The van der Waals surface area contributed by atoms with Gasteiger partial charge in [-0.1, -0.05) is 64.0 Å². The van der Waals surface area contributed by atoms with Crippen LogP contribution in [0.25, 0.3) is 22.2 Å². The number of benzene rings is 3. The average Bonchev–Trinajstić information content (AvgIpc) is 2.79. The molecule has 0 aliphatic heterocycles. The summed E-state index contributed by atoms with van der Waals surface area (Å²) in [4.78, 5) is 29.7. The zero-order valence-corrected chi connectivity index (χ0v) is 18.3. The highest BCUT2D eigenvalue weighted by atomic mass is 79.9. The molecule has 0 aliphatic rings. The normalized spacial score (nSPS) is 10.6. The van der Waals surface area contributed by atoms with Gasteiger partial charge in [0.25, 0.3) is 5.91 Å². The number of pyridine rings is 1. The molecule has 0 bridgehead atoms. The van der Waals surface area contributed by atoms with Gasteiger partial charge in [0.2, 0.25) is 0 Å². The monoisotopic (exact) mass is 474 g/mol. The summed E-state index contributed by atoms with van der Waals surface area (Å²) in [6.45, 7) is 1.59. The van der Waals surface area contributed by atoms with Crippen LogP contribution in [0.2, 0.25) is 0 Å². The molecule has 4 aromatic rings. The Kier molecular flexibility index (Phi) is 6.09. The van der Waals surface area contributed by atoms with E-state index in [4.69, 9.17) is 4.74 Å². The van der Waals surface area contributed by atoms with Crippen LogP contribution in [0.5, 0.6) is 0 Å². The number of carbonyl (C=O) groups is 2. The number of anilines is 1. The summed E-state index contributed by atoms with van der Waals surface area (Å²) in [5.41, 5.74) is 4.32. The predicted octanol–water partition coefficient (Wildman–Crippen LogP) is 5.77. The second-order valence-electron chi connectivity index (χ2n) is 7.07. The predicted molar refractivity (Wildman–Crippen MR) is 125 cm³/mol. The molecule has 1 amide bonds. The lowest BCUT2D eigenvalue weighted by Gasteiger charge is -2.11. The number of para-hydroxylation sites is 1. The zero-order chi connectivity index (χ0) is 21.8. The van der Waals surface area contributed by atoms with Crippen molar-refractivity contribution in [1.82, 2.24) is 4.98 Å². The van der Waals surface area contributed by atoms with E-state index in [1.54, 1.807) is 18.2 Å². The summed E-state index contributed by atoms with van der Waals surface area (Å²) in [5, 5.41) is 3.40. The van der Waals surface area contributed by atoms with E-state index in [9.17, 15) is 9.59 Å². The van der Waals surface area contributed by atoms with Gasteiger partial charge in [0.05, 0.1) is 16.8 Å². The fraction of sp³-hybridized carbons (Fsp3) is 0.0800. The Morgan fingerprint density at radius 1 is 0.968 bits per heavy atom. The number of rotatable bonds is 5. The summed E-state index contributed by atoms with van der Waals surface area (Å²) >= 11 is 3.42. The minimum atomic E-state index is -0.573. The fourth-order valence-electron chi connectivity index (χ4n) is 3.16. The zero-order valence-electron chi connectivity index (χ0n) is 16.8. The Bertz CT molecular complexity index is 1250. The lowest BCUT2D eigenvalue weighted by Crippen LogP contribution is -2.21. The summed E-state index contributed by atoms with van der Waals surface area (Å²) in [6, 6.07) is 24.1. The molecule has 6 heteroatoms. The first-order valence-corrected chi connectivity index (χ1v) is 10.5. The van der Waals surface area contributed by atoms with Crippen LogP contribution in [0.1, 0.15) is 15.9 Å². The van der Waals surface area contributed by atoms with Crippen molar-refractivity contribution >= 4 is 44.4 Å². The maximum Gasteiger partial charge on any atom is 0.339 e. The van der Waals surface area contributed by atoms with Gasteiger partial charge < -0.3 is 10.1 Å². The first-order valence-electron chi connectivity index (χ1n) is 9.69. The third-order valence-corrected chi connectivity index (χ3v) is 5.27. The molecule has 5 nitrogen and oxygen atoms in total. The summed E-state index contributed by atoms with van der Waals surface area (Å²) in [5.74, 6) is -0.972. The quantitative estimate of drug-likeness (QED) is 0.373. The van der Waals surface area contributed by atoms with Gasteiger partial charge in [-0.15, -0.1) is 0 Å². The molecule has 3 aromatic carbocycles. The van der Waals surface area contributed by atoms with Crippen molar-refractivity contribution < 1.29 is 14.3 Å². The van der Waals surface area contributed by atoms with Crippen LogP contribution in [-0.2, 0) is 9.53 Å². The van der Waals surface area contributed by atoms with Crippen molar-refractivity contribution in [2.24, 2.45) is 0 Å². The number of amides is 1. The molecule has 0 saturated carbocycles. The number of fused-ring (bicyclic) bond motifs is 1. The Balaban J connectivity index is 1.55. The van der Waals surface area contributed by atoms with Gasteiger partial charge in [0.1, 0.15) is 0 Å². The fourth-order valence-corrected chi connectivity index (χ4v) is 3.42. The second-order valence-corrected chi connectivity index (χ2v) is 7.99. The van der Waals surface area contributed by atoms with Crippen LogP contribution in [0, 0.1) is 6.92 Å². The van der Waals surface area contributed by atoms with Gasteiger partial charge in [-0.05, 0) is 43.3 Å². The Morgan fingerprint density at radius 2 is 1.68 bits per heavy atom. The molecular formula is C25H19BrN2O3. The molecule has 0 spiro atoms. The van der Waals surface area contributed by atoms with Crippen molar-refractivity contribution in [3.63, 3.8) is 0 Å². The first kappa shape index (κ1) is 20.8. The van der Waals surface area contributed by atoms with E-state index in [1.165, 1.54) is 0 Å². The SMILES string of the molecule is Cc1ccc(NC(=O)COC(=O)c2cc(-c3ccc(Br)cc3)nc3ccccc23)cc1. The van der Waals surface area contributed by atoms with E-state index in [-0.39, 0.29) is 6.61 Å². The maximum absolute atomic E-state index is 12.9. The van der Waals surface area contributed by atoms with E-state index >= 15 is 0 Å². The van der Waals surface area contributed by atoms with Gasteiger partial charge in [-0.25, -0.2) is 9.78 Å². The summed E-state index contributed by atoms with van der Waals surface area (Å²) < 4.78 is 6.27. The Morgan fingerprint density at radius 3 is 2.42 bits per heavy atom. The molecule has 0 aliphatic carbocycles. The smallest absolute Gasteiger partial charge is 0.339 e. The van der Waals surface area contributed by atoms with Crippen LogP contribution in [0.3, 0.4) is 0 Å².